The average molecular weight is 308 g/mol. The van der Waals surface area contributed by atoms with Crippen LogP contribution >= 0.6 is 0 Å². The van der Waals surface area contributed by atoms with Gasteiger partial charge in [0.25, 0.3) is 0 Å². The van der Waals surface area contributed by atoms with E-state index in [1.54, 1.807) is 12.1 Å². The van der Waals surface area contributed by atoms with Crippen LogP contribution in [0.4, 0.5) is 0 Å². The first-order valence-electron chi connectivity index (χ1n) is 7.98. The van der Waals surface area contributed by atoms with E-state index in [9.17, 15) is 8.42 Å². The number of nitrogens with one attached hydrogen (secondary N) is 2. The molecule has 0 radical (unpaired) electrons. The summed E-state index contributed by atoms with van der Waals surface area (Å²) in [6, 6.07) is 8.15. The highest BCUT2D eigenvalue weighted by Crippen LogP contribution is 2.21. The van der Waals surface area contributed by atoms with Crippen molar-refractivity contribution in [1.29, 1.82) is 0 Å². The molecule has 0 heterocycles. The Morgan fingerprint density at radius 3 is 2.24 bits per heavy atom. The molecule has 0 bridgehead atoms. The predicted molar refractivity (Wildman–Crippen MR) is 83.7 cm³/mol. The SMILES string of the molecule is O=S(=O)(NC1CCCC1)c1ccc(CCNC2CC2)cc1. The molecule has 2 N–H and O–H groups in total. The first-order chi connectivity index (χ1) is 10.1. The van der Waals surface area contributed by atoms with Crippen molar-refractivity contribution in [3.05, 3.63) is 29.8 Å². The molecule has 5 heteroatoms. The number of hydrogen-bond donors (Lipinski definition) is 2. The van der Waals surface area contributed by atoms with Crippen molar-refractivity contribution in [2.24, 2.45) is 0 Å². The van der Waals surface area contributed by atoms with Crippen molar-refractivity contribution >= 4 is 10.0 Å². The van der Waals surface area contributed by atoms with E-state index >= 15 is 0 Å². The van der Waals surface area contributed by atoms with Gasteiger partial charge >= 0.3 is 0 Å². The summed E-state index contributed by atoms with van der Waals surface area (Å²) in [6.07, 6.45) is 7.72. The zero-order valence-corrected chi connectivity index (χ0v) is 13.2. The maximum atomic E-state index is 12.3. The topological polar surface area (TPSA) is 58.2 Å². The predicted octanol–water partition coefficient (Wildman–Crippen LogP) is 2.20. The minimum Gasteiger partial charge on any atom is -0.314 e. The van der Waals surface area contributed by atoms with Crippen LogP contribution in [0.2, 0.25) is 0 Å². The summed E-state index contributed by atoms with van der Waals surface area (Å²) >= 11 is 0. The van der Waals surface area contributed by atoms with Gasteiger partial charge in [0.05, 0.1) is 4.90 Å². The Hall–Kier alpha value is -0.910. The molecular formula is C16H24N2O2S. The lowest BCUT2D eigenvalue weighted by atomic mass is 10.1. The first-order valence-corrected chi connectivity index (χ1v) is 9.46. The molecule has 0 unspecified atom stereocenters. The summed E-state index contributed by atoms with van der Waals surface area (Å²) in [7, 11) is -3.35. The smallest absolute Gasteiger partial charge is 0.240 e. The molecule has 0 saturated heterocycles. The van der Waals surface area contributed by atoms with Crippen molar-refractivity contribution in [1.82, 2.24) is 10.0 Å². The van der Waals surface area contributed by atoms with Crippen LogP contribution in [-0.2, 0) is 16.4 Å². The molecule has 1 aromatic carbocycles. The van der Waals surface area contributed by atoms with Crippen LogP contribution in [0, 0.1) is 0 Å². The van der Waals surface area contributed by atoms with E-state index in [4.69, 9.17) is 0 Å². The lowest BCUT2D eigenvalue weighted by Gasteiger charge is -2.13. The fraction of sp³-hybridized carbons (Fsp3) is 0.625. The van der Waals surface area contributed by atoms with Gasteiger partial charge in [0.15, 0.2) is 0 Å². The van der Waals surface area contributed by atoms with Gasteiger partial charge in [-0.3, -0.25) is 0 Å². The Morgan fingerprint density at radius 1 is 0.952 bits per heavy atom. The minimum absolute atomic E-state index is 0.123. The summed E-state index contributed by atoms with van der Waals surface area (Å²) in [5, 5.41) is 3.47. The summed E-state index contributed by atoms with van der Waals surface area (Å²) in [5.74, 6) is 0. The summed E-state index contributed by atoms with van der Waals surface area (Å²) in [5.41, 5.74) is 1.18. The fourth-order valence-corrected chi connectivity index (χ4v) is 4.18. The Kier molecular flexibility index (Phi) is 4.62. The summed E-state index contributed by atoms with van der Waals surface area (Å²) in [4.78, 5) is 0.383. The van der Waals surface area contributed by atoms with Crippen LogP contribution in [0.5, 0.6) is 0 Å². The van der Waals surface area contributed by atoms with Crippen LogP contribution < -0.4 is 10.0 Å². The number of benzene rings is 1. The molecule has 2 aliphatic rings. The summed E-state index contributed by atoms with van der Waals surface area (Å²) < 4.78 is 27.4. The second-order valence-corrected chi connectivity index (χ2v) is 7.94. The Bertz CT molecular complexity index is 558. The molecule has 3 rings (SSSR count). The third-order valence-corrected chi connectivity index (χ3v) is 5.87. The van der Waals surface area contributed by atoms with E-state index in [1.807, 2.05) is 12.1 Å². The van der Waals surface area contributed by atoms with Crippen molar-refractivity contribution in [3.63, 3.8) is 0 Å². The number of hydrogen-bond acceptors (Lipinski definition) is 3. The quantitative estimate of drug-likeness (QED) is 0.812. The maximum absolute atomic E-state index is 12.3. The standard InChI is InChI=1S/C16H24N2O2S/c19-21(20,18-15-3-1-2-4-15)16-9-5-13(6-10-16)11-12-17-14-7-8-14/h5-6,9-10,14-15,17-18H,1-4,7-8,11-12H2. The van der Waals surface area contributed by atoms with E-state index < -0.39 is 10.0 Å². The van der Waals surface area contributed by atoms with Crippen molar-refractivity contribution in [2.45, 2.75) is 61.9 Å². The molecule has 2 saturated carbocycles. The van der Waals surface area contributed by atoms with Gasteiger partial charge in [-0.2, -0.15) is 0 Å². The van der Waals surface area contributed by atoms with E-state index in [2.05, 4.69) is 10.0 Å². The van der Waals surface area contributed by atoms with Gasteiger partial charge in [0.2, 0.25) is 10.0 Å². The van der Waals surface area contributed by atoms with E-state index in [0.717, 1.165) is 44.7 Å². The second-order valence-electron chi connectivity index (χ2n) is 6.23. The fourth-order valence-electron chi connectivity index (χ4n) is 2.87. The van der Waals surface area contributed by atoms with Gasteiger partial charge in [0.1, 0.15) is 0 Å². The lowest BCUT2D eigenvalue weighted by molar-refractivity contribution is 0.552. The minimum atomic E-state index is -3.35. The highest BCUT2D eigenvalue weighted by molar-refractivity contribution is 7.89. The van der Waals surface area contributed by atoms with Crippen LogP contribution in [-0.4, -0.2) is 27.0 Å². The third-order valence-electron chi connectivity index (χ3n) is 4.33. The molecule has 0 aliphatic heterocycles. The van der Waals surface area contributed by atoms with E-state index in [-0.39, 0.29) is 6.04 Å². The Morgan fingerprint density at radius 2 is 1.62 bits per heavy atom. The van der Waals surface area contributed by atoms with Crippen LogP contribution in [0.25, 0.3) is 0 Å². The summed E-state index contributed by atoms with van der Waals surface area (Å²) in [6.45, 7) is 0.969. The zero-order chi connectivity index (χ0) is 14.7. The number of rotatable bonds is 7. The molecule has 0 amide bonds. The van der Waals surface area contributed by atoms with Crippen molar-refractivity contribution in [3.8, 4) is 0 Å². The van der Waals surface area contributed by atoms with Crippen LogP contribution in [0.15, 0.2) is 29.2 Å². The van der Waals surface area contributed by atoms with E-state index in [0.29, 0.717) is 4.90 Å². The molecule has 0 atom stereocenters. The molecule has 116 valence electrons. The van der Waals surface area contributed by atoms with Gasteiger partial charge in [-0.05, 0) is 56.3 Å². The highest BCUT2D eigenvalue weighted by atomic mass is 32.2. The lowest BCUT2D eigenvalue weighted by Crippen LogP contribution is -2.32. The van der Waals surface area contributed by atoms with Gasteiger partial charge in [-0.1, -0.05) is 25.0 Å². The normalized spacial score (nSPS) is 20.0. The van der Waals surface area contributed by atoms with Crippen LogP contribution in [0.1, 0.15) is 44.1 Å². The zero-order valence-electron chi connectivity index (χ0n) is 12.3. The molecule has 2 aliphatic carbocycles. The third kappa shape index (κ3) is 4.28. The van der Waals surface area contributed by atoms with Crippen molar-refractivity contribution < 1.29 is 8.42 Å². The monoisotopic (exact) mass is 308 g/mol. The van der Waals surface area contributed by atoms with Crippen LogP contribution in [0.3, 0.4) is 0 Å². The molecule has 2 fully saturated rings. The largest absolute Gasteiger partial charge is 0.314 e. The molecule has 21 heavy (non-hydrogen) atoms. The Balaban J connectivity index is 1.56. The maximum Gasteiger partial charge on any atom is 0.240 e. The highest BCUT2D eigenvalue weighted by Gasteiger charge is 2.23. The molecule has 4 nitrogen and oxygen atoms in total. The van der Waals surface area contributed by atoms with Gasteiger partial charge in [-0.15, -0.1) is 0 Å². The molecule has 1 aromatic rings. The van der Waals surface area contributed by atoms with Gasteiger partial charge in [-0.25, -0.2) is 13.1 Å². The average Bonchev–Trinajstić information content (AvgIpc) is 3.15. The van der Waals surface area contributed by atoms with E-state index in [1.165, 1.54) is 18.4 Å². The molecule has 0 aromatic heterocycles. The second kappa shape index (κ2) is 6.46. The Labute approximate surface area is 127 Å². The molecule has 0 spiro atoms. The van der Waals surface area contributed by atoms with Crippen molar-refractivity contribution in [2.75, 3.05) is 6.54 Å². The van der Waals surface area contributed by atoms with Gasteiger partial charge < -0.3 is 5.32 Å². The number of sulfonamides is 1. The molecular weight excluding hydrogens is 284 g/mol. The van der Waals surface area contributed by atoms with Gasteiger partial charge in [0, 0.05) is 12.1 Å². The first kappa shape index (κ1) is 15.0.